The van der Waals surface area contributed by atoms with E-state index in [1.165, 1.54) is 6.07 Å². The summed E-state index contributed by atoms with van der Waals surface area (Å²) in [5.41, 5.74) is 2.70. The minimum atomic E-state index is -3.57. The molecule has 1 aliphatic heterocycles. The van der Waals surface area contributed by atoms with Crippen molar-refractivity contribution < 1.29 is 17.9 Å². The molecule has 0 unspecified atom stereocenters. The standard InChI is InChI=1S/C22H27BrN2O4S/c1-14(2)12-24-30(27,28)19-6-8-21(15(3)9-19)29-13-22(26)25-16(4)10-17-11-18(23)5-7-20(17)25/h5-9,11,14,16,24H,10,12-13H2,1-4H3/t16-/m0/s1. The van der Waals surface area contributed by atoms with Crippen molar-refractivity contribution in [2.24, 2.45) is 5.92 Å². The van der Waals surface area contributed by atoms with Crippen LogP contribution >= 0.6 is 15.9 Å². The average Bonchev–Trinajstić information content (AvgIpc) is 3.00. The van der Waals surface area contributed by atoms with E-state index < -0.39 is 10.0 Å². The molecule has 2 aromatic rings. The Balaban J connectivity index is 1.69. The summed E-state index contributed by atoms with van der Waals surface area (Å²) >= 11 is 3.47. The van der Waals surface area contributed by atoms with E-state index in [4.69, 9.17) is 4.74 Å². The van der Waals surface area contributed by atoms with Gasteiger partial charge >= 0.3 is 0 Å². The maximum atomic E-state index is 12.8. The van der Waals surface area contributed by atoms with Gasteiger partial charge in [-0.2, -0.15) is 0 Å². The highest BCUT2D eigenvalue weighted by Gasteiger charge is 2.31. The molecule has 8 heteroatoms. The lowest BCUT2D eigenvalue weighted by Gasteiger charge is -2.23. The number of carbonyl (C=O) groups excluding carboxylic acids is 1. The number of aryl methyl sites for hydroxylation is 1. The highest BCUT2D eigenvalue weighted by Crippen LogP contribution is 2.34. The Morgan fingerprint density at radius 2 is 2.00 bits per heavy atom. The summed E-state index contributed by atoms with van der Waals surface area (Å²) in [4.78, 5) is 14.8. The molecule has 1 heterocycles. The zero-order valence-corrected chi connectivity index (χ0v) is 20.0. The van der Waals surface area contributed by atoms with Gasteiger partial charge < -0.3 is 9.64 Å². The van der Waals surface area contributed by atoms with Crippen molar-refractivity contribution in [3.8, 4) is 5.75 Å². The predicted molar refractivity (Wildman–Crippen MR) is 121 cm³/mol. The maximum absolute atomic E-state index is 12.8. The molecule has 1 N–H and O–H groups in total. The van der Waals surface area contributed by atoms with Gasteiger partial charge in [-0.1, -0.05) is 29.8 Å². The first-order valence-electron chi connectivity index (χ1n) is 9.92. The molecule has 0 saturated heterocycles. The van der Waals surface area contributed by atoms with Gasteiger partial charge in [0.05, 0.1) is 4.90 Å². The third-order valence-corrected chi connectivity index (χ3v) is 6.93. The summed E-state index contributed by atoms with van der Waals surface area (Å²) in [6.45, 7) is 7.94. The molecule has 1 aliphatic rings. The van der Waals surface area contributed by atoms with Gasteiger partial charge in [0.15, 0.2) is 6.61 Å². The van der Waals surface area contributed by atoms with E-state index in [2.05, 4.69) is 20.7 Å². The zero-order valence-electron chi connectivity index (χ0n) is 17.6. The predicted octanol–water partition coefficient (Wildman–Crippen LogP) is 4.05. The second-order valence-corrected chi connectivity index (χ2v) is 10.7. The van der Waals surface area contributed by atoms with Crippen LogP contribution in [-0.4, -0.2) is 33.5 Å². The lowest BCUT2D eigenvalue weighted by Crippen LogP contribution is -2.39. The number of sulfonamides is 1. The maximum Gasteiger partial charge on any atom is 0.265 e. The van der Waals surface area contributed by atoms with Crippen molar-refractivity contribution >= 4 is 37.5 Å². The molecule has 0 saturated carbocycles. The van der Waals surface area contributed by atoms with Crippen LogP contribution in [0.3, 0.4) is 0 Å². The fourth-order valence-electron chi connectivity index (χ4n) is 3.50. The molecule has 1 amide bonds. The normalized spacial score (nSPS) is 16.1. The number of fused-ring (bicyclic) bond motifs is 1. The average molecular weight is 495 g/mol. The molecule has 0 radical (unpaired) electrons. The van der Waals surface area contributed by atoms with Crippen molar-refractivity contribution in [2.45, 2.75) is 45.1 Å². The Morgan fingerprint density at radius 1 is 1.27 bits per heavy atom. The van der Waals surface area contributed by atoms with Gasteiger partial charge in [-0.05, 0) is 73.7 Å². The first kappa shape index (κ1) is 22.8. The molecule has 30 heavy (non-hydrogen) atoms. The monoisotopic (exact) mass is 494 g/mol. The number of amides is 1. The number of hydrogen-bond acceptors (Lipinski definition) is 4. The minimum absolute atomic E-state index is 0.0612. The highest BCUT2D eigenvalue weighted by atomic mass is 79.9. The van der Waals surface area contributed by atoms with E-state index in [-0.39, 0.29) is 29.4 Å². The zero-order chi connectivity index (χ0) is 22.1. The van der Waals surface area contributed by atoms with Crippen LogP contribution in [0.2, 0.25) is 0 Å². The third-order valence-electron chi connectivity index (χ3n) is 5.02. The summed E-state index contributed by atoms with van der Waals surface area (Å²) in [6.07, 6.45) is 0.801. The van der Waals surface area contributed by atoms with Gasteiger partial charge in [0.1, 0.15) is 5.75 Å². The van der Waals surface area contributed by atoms with E-state index in [9.17, 15) is 13.2 Å². The lowest BCUT2D eigenvalue weighted by molar-refractivity contribution is -0.120. The fraction of sp³-hybridized carbons (Fsp3) is 0.409. The first-order valence-corrected chi connectivity index (χ1v) is 12.2. The Bertz CT molecular complexity index is 1050. The summed E-state index contributed by atoms with van der Waals surface area (Å²) in [5.74, 6) is 0.584. The van der Waals surface area contributed by atoms with Gasteiger partial charge in [-0.15, -0.1) is 0 Å². The van der Waals surface area contributed by atoms with Crippen LogP contribution in [0.5, 0.6) is 5.75 Å². The Labute approximate surface area is 186 Å². The van der Waals surface area contributed by atoms with Gasteiger partial charge in [0, 0.05) is 22.7 Å². The number of rotatable bonds is 7. The number of halogens is 1. The summed E-state index contributed by atoms with van der Waals surface area (Å²) in [6, 6.07) is 10.6. The van der Waals surface area contributed by atoms with Gasteiger partial charge in [0.25, 0.3) is 5.91 Å². The number of ether oxygens (including phenoxy) is 1. The molecule has 162 valence electrons. The number of carbonyl (C=O) groups is 1. The number of nitrogens with zero attached hydrogens (tertiary/aromatic N) is 1. The van der Waals surface area contributed by atoms with Gasteiger partial charge in [0.2, 0.25) is 10.0 Å². The quantitative estimate of drug-likeness (QED) is 0.629. The molecule has 1 atom stereocenters. The largest absolute Gasteiger partial charge is 0.483 e. The van der Waals surface area contributed by atoms with Crippen LogP contribution in [0.4, 0.5) is 5.69 Å². The van der Waals surface area contributed by atoms with E-state index in [1.807, 2.05) is 39.0 Å². The number of hydrogen-bond donors (Lipinski definition) is 1. The third kappa shape index (κ3) is 5.04. The molecule has 0 bridgehead atoms. The smallest absolute Gasteiger partial charge is 0.265 e. The molecule has 0 fully saturated rings. The van der Waals surface area contributed by atoms with E-state index >= 15 is 0 Å². The van der Waals surface area contributed by atoms with Crippen LogP contribution in [0.25, 0.3) is 0 Å². The number of nitrogens with one attached hydrogen (secondary N) is 1. The SMILES string of the molecule is Cc1cc(S(=O)(=O)NCC(C)C)ccc1OCC(=O)N1c2ccc(Br)cc2C[C@@H]1C. The number of anilines is 1. The molecular weight excluding hydrogens is 468 g/mol. The van der Waals surface area contributed by atoms with Gasteiger partial charge in [-0.25, -0.2) is 13.1 Å². The summed E-state index contributed by atoms with van der Waals surface area (Å²) in [5, 5.41) is 0. The van der Waals surface area contributed by atoms with Crippen molar-refractivity contribution in [1.29, 1.82) is 0 Å². The summed E-state index contributed by atoms with van der Waals surface area (Å²) in [7, 11) is -3.57. The molecule has 2 aromatic carbocycles. The van der Waals surface area contributed by atoms with E-state index in [0.717, 1.165) is 22.1 Å². The Morgan fingerprint density at radius 3 is 2.67 bits per heavy atom. The van der Waals surface area contributed by atoms with E-state index in [0.29, 0.717) is 17.9 Å². The lowest BCUT2D eigenvalue weighted by atomic mass is 10.1. The van der Waals surface area contributed by atoms with Crippen LogP contribution in [0.15, 0.2) is 45.8 Å². The Hall–Kier alpha value is -1.90. The van der Waals surface area contributed by atoms with Crippen LogP contribution < -0.4 is 14.4 Å². The molecular formula is C22H27BrN2O4S. The van der Waals surface area contributed by atoms with Crippen LogP contribution in [-0.2, 0) is 21.2 Å². The minimum Gasteiger partial charge on any atom is -0.483 e. The van der Waals surface area contributed by atoms with Crippen LogP contribution in [0.1, 0.15) is 31.9 Å². The molecule has 6 nitrogen and oxygen atoms in total. The van der Waals surface area contributed by atoms with Crippen molar-refractivity contribution in [3.05, 3.63) is 52.0 Å². The molecule has 0 spiro atoms. The van der Waals surface area contributed by atoms with Crippen molar-refractivity contribution in [3.63, 3.8) is 0 Å². The topological polar surface area (TPSA) is 75.7 Å². The first-order chi connectivity index (χ1) is 14.1. The second kappa shape index (κ2) is 9.08. The molecule has 3 rings (SSSR count). The number of benzene rings is 2. The molecule has 0 aromatic heterocycles. The molecule has 0 aliphatic carbocycles. The van der Waals surface area contributed by atoms with Crippen molar-refractivity contribution in [1.82, 2.24) is 4.72 Å². The fourth-order valence-corrected chi connectivity index (χ4v) is 5.21. The Kier molecular flexibility index (Phi) is 6.89. The van der Waals surface area contributed by atoms with E-state index in [1.54, 1.807) is 24.0 Å². The van der Waals surface area contributed by atoms with Crippen molar-refractivity contribution in [2.75, 3.05) is 18.1 Å². The highest BCUT2D eigenvalue weighted by molar-refractivity contribution is 9.10. The summed E-state index contributed by atoms with van der Waals surface area (Å²) < 4.78 is 34.1. The van der Waals surface area contributed by atoms with Gasteiger partial charge in [-0.3, -0.25) is 4.79 Å². The van der Waals surface area contributed by atoms with Crippen LogP contribution in [0, 0.1) is 12.8 Å². The second-order valence-electron chi connectivity index (χ2n) is 8.05.